The van der Waals surface area contributed by atoms with E-state index in [4.69, 9.17) is 41.0 Å². The smallest absolute Gasteiger partial charge is 0.306 e. The Bertz CT molecular complexity index is 2320. The Morgan fingerprint density at radius 3 is 1.21 bits per heavy atom. The molecule has 0 aliphatic rings. The van der Waals surface area contributed by atoms with Crippen LogP contribution in [0, 0.1) is 10.8 Å². The van der Waals surface area contributed by atoms with Crippen molar-refractivity contribution in [1.29, 1.82) is 0 Å². The molecular weight excluding hydrogens is 872 g/mol. The summed E-state index contributed by atoms with van der Waals surface area (Å²) in [5, 5.41) is 11.2. The number of ether oxygens (including phenoxy) is 2. The number of rotatable bonds is 18. The monoisotopic (exact) mass is 934 g/mol. The second-order valence-corrected chi connectivity index (χ2v) is 21.6. The van der Waals surface area contributed by atoms with E-state index >= 15 is 0 Å². The lowest BCUT2D eigenvalue weighted by atomic mass is 9.70. The van der Waals surface area contributed by atoms with Gasteiger partial charge in [-0.25, -0.2) is 0 Å². The van der Waals surface area contributed by atoms with Crippen LogP contribution in [0.4, 0.5) is 0 Å². The Labute approximate surface area is 380 Å². The molecule has 0 aliphatic carbocycles. The predicted molar refractivity (Wildman–Crippen MR) is 250 cm³/mol. The molecule has 342 valence electrons. The van der Waals surface area contributed by atoms with Gasteiger partial charge in [0.25, 0.3) is 0 Å². The number of benzene rings is 4. The van der Waals surface area contributed by atoms with Gasteiger partial charge in [-0.2, -0.15) is 16.8 Å². The molecule has 10 nitrogen and oxygen atoms in total. The molecule has 4 rings (SSSR count). The van der Waals surface area contributed by atoms with Gasteiger partial charge in [-0.15, -0.1) is 0 Å². The number of aliphatic hydroxyl groups excluding tert-OH is 1. The highest BCUT2D eigenvalue weighted by Crippen LogP contribution is 2.43. The molecule has 0 heterocycles. The van der Waals surface area contributed by atoms with Crippen LogP contribution in [0.5, 0.6) is 23.0 Å². The van der Waals surface area contributed by atoms with E-state index in [1.807, 2.05) is 96.1 Å². The molecule has 0 aliphatic heterocycles. The third-order valence-corrected chi connectivity index (χ3v) is 12.9. The standard InChI is InChI=1S/C24H33ClO5S.C24H31ClO5S/c2*1-7-24(8-2,17-9-12-19(13-10-17)30-31(6,27)28)18-11-14-21(20(25)15-18)29-16-22(26)23(3,4)5/h9-15,22,26H,7-8,16H2,1-6H3;9-15H,7-8,16H2,1-6H3. The predicted octanol–water partition coefficient (Wildman–Crippen LogP) is 11.3. The topological polar surface area (TPSA) is 143 Å². The molecule has 14 heteroatoms. The number of aliphatic hydroxyl groups is 1. The molecule has 1 unspecified atom stereocenters. The quantitative estimate of drug-likeness (QED) is 0.0958. The molecule has 1 atom stereocenters. The highest BCUT2D eigenvalue weighted by Gasteiger charge is 2.33. The summed E-state index contributed by atoms with van der Waals surface area (Å²) in [4.78, 5) is 12.2. The Balaban J connectivity index is 0.000000330. The van der Waals surface area contributed by atoms with E-state index in [0.29, 0.717) is 21.5 Å². The molecule has 0 radical (unpaired) electrons. The molecule has 0 aromatic heterocycles. The van der Waals surface area contributed by atoms with Crippen molar-refractivity contribution >= 4 is 49.2 Å². The minimum Gasteiger partial charge on any atom is -0.489 e. The Morgan fingerprint density at radius 2 is 0.919 bits per heavy atom. The molecular formula is C48H64Cl2O10S2. The van der Waals surface area contributed by atoms with Gasteiger partial charge in [0.2, 0.25) is 0 Å². The van der Waals surface area contributed by atoms with Crippen LogP contribution >= 0.6 is 23.2 Å². The summed E-state index contributed by atoms with van der Waals surface area (Å²) in [5.41, 5.74) is 2.79. The van der Waals surface area contributed by atoms with Crippen LogP contribution in [0.2, 0.25) is 10.0 Å². The van der Waals surface area contributed by atoms with Crippen LogP contribution in [-0.4, -0.2) is 59.6 Å². The first kappa shape index (κ1) is 52.5. The summed E-state index contributed by atoms with van der Waals surface area (Å²) in [6.45, 7) is 20.0. The highest BCUT2D eigenvalue weighted by atomic mass is 35.5. The van der Waals surface area contributed by atoms with E-state index in [2.05, 4.69) is 27.7 Å². The second kappa shape index (κ2) is 21.2. The normalized spacial score (nSPS) is 13.1. The van der Waals surface area contributed by atoms with E-state index in [1.54, 1.807) is 30.3 Å². The lowest BCUT2D eigenvalue weighted by molar-refractivity contribution is -0.128. The van der Waals surface area contributed by atoms with E-state index in [9.17, 15) is 26.7 Å². The maximum absolute atomic E-state index is 12.2. The summed E-state index contributed by atoms with van der Waals surface area (Å²) in [6, 6.07) is 25.6. The minimum absolute atomic E-state index is 0.000471. The van der Waals surface area contributed by atoms with Gasteiger partial charge in [-0.1, -0.05) is 129 Å². The number of carbonyl (C=O) groups is 1. The third-order valence-electron chi connectivity index (χ3n) is 11.3. The van der Waals surface area contributed by atoms with Crippen LogP contribution in [0.25, 0.3) is 0 Å². The molecule has 0 saturated heterocycles. The van der Waals surface area contributed by atoms with Crippen LogP contribution < -0.4 is 17.8 Å². The first-order valence-electron chi connectivity index (χ1n) is 20.7. The molecule has 4 aromatic rings. The van der Waals surface area contributed by atoms with Crippen LogP contribution in [0.3, 0.4) is 0 Å². The Morgan fingerprint density at radius 1 is 0.581 bits per heavy atom. The van der Waals surface area contributed by atoms with Crippen molar-refractivity contribution in [3.63, 3.8) is 0 Å². The van der Waals surface area contributed by atoms with Gasteiger partial charge in [0.05, 0.1) is 28.7 Å². The Hall–Kier alpha value is -3.81. The summed E-state index contributed by atoms with van der Waals surface area (Å²) in [6.07, 6.45) is 4.72. The SMILES string of the molecule is CCC(CC)(c1ccc(OS(C)(=O)=O)cc1)c1ccc(OCC(=O)C(C)(C)C)c(Cl)c1.CCC(CC)(c1ccc(OS(C)(=O)=O)cc1)c1ccc(OCC(O)C(C)(C)C)c(Cl)c1. The first-order chi connectivity index (χ1) is 28.6. The summed E-state index contributed by atoms with van der Waals surface area (Å²) >= 11 is 13.0. The second-order valence-electron chi connectivity index (χ2n) is 17.6. The van der Waals surface area contributed by atoms with Crippen molar-refractivity contribution in [1.82, 2.24) is 0 Å². The van der Waals surface area contributed by atoms with Crippen molar-refractivity contribution in [2.45, 2.75) is 112 Å². The molecule has 0 saturated carbocycles. The van der Waals surface area contributed by atoms with E-state index in [0.717, 1.165) is 60.4 Å². The van der Waals surface area contributed by atoms with Gasteiger partial charge < -0.3 is 22.9 Å². The molecule has 62 heavy (non-hydrogen) atoms. The number of carbonyl (C=O) groups excluding carboxylic acids is 1. The first-order valence-corrected chi connectivity index (χ1v) is 25.1. The lowest BCUT2D eigenvalue weighted by Crippen LogP contribution is -2.32. The molecule has 0 bridgehead atoms. The maximum atomic E-state index is 12.2. The van der Waals surface area contributed by atoms with Gasteiger partial charge in [-0.3, -0.25) is 4.79 Å². The number of ketones is 1. The molecule has 0 fully saturated rings. The molecule has 1 N–H and O–H groups in total. The lowest BCUT2D eigenvalue weighted by Gasteiger charge is -2.34. The third kappa shape index (κ3) is 14.1. The van der Waals surface area contributed by atoms with Crippen LogP contribution in [-0.2, 0) is 35.9 Å². The van der Waals surface area contributed by atoms with Gasteiger partial charge in [0.15, 0.2) is 5.78 Å². The Kier molecular flexibility index (Phi) is 18.0. The van der Waals surface area contributed by atoms with Crippen molar-refractivity contribution in [2.75, 3.05) is 25.7 Å². The molecule has 0 spiro atoms. The van der Waals surface area contributed by atoms with E-state index in [-0.39, 0.29) is 46.7 Å². The minimum atomic E-state index is -3.58. The number of halogens is 2. The fraction of sp³-hybridized carbons (Fsp3) is 0.479. The largest absolute Gasteiger partial charge is 0.489 e. The zero-order chi connectivity index (χ0) is 46.9. The molecule has 4 aromatic carbocycles. The van der Waals surface area contributed by atoms with Gasteiger partial charge >= 0.3 is 20.2 Å². The average molecular weight is 936 g/mol. The fourth-order valence-electron chi connectivity index (χ4n) is 7.08. The molecule has 0 amide bonds. The van der Waals surface area contributed by atoms with Gasteiger partial charge in [0, 0.05) is 16.2 Å². The number of hydrogen-bond donors (Lipinski definition) is 1. The van der Waals surface area contributed by atoms with Crippen molar-refractivity contribution in [3.05, 3.63) is 117 Å². The highest BCUT2D eigenvalue weighted by molar-refractivity contribution is 7.86. The summed E-state index contributed by atoms with van der Waals surface area (Å²) in [5.74, 6) is 1.57. The van der Waals surface area contributed by atoms with E-state index in [1.165, 1.54) is 0 Å². The number of Topliss-reactive ketones (excluding diaryl/α,β-unsaturated/α-hetero) is 1. The fourth-order valence-corrected chi connectivity index (χ4v) is 8.48. The van der Waals surface area contributed by atoms with Crippen LogP contribution in [0.15, 0.2) is 84.9 Å². The summed E-state index contributed by atoms with van der Waals surface area (Å²) < 4.78 is 66.8. The number of hydrogen-bond acceptors (Lipinski definition) is 10. The van der Waals surface area contributed by atoms with Gasteiger partial charge in [0.1, 0.15) is 36.2 Å². The zero-order valence-corrected chi connectivity index (χ0v) is 41.2. The zero-order valence-electron chi connectivity index (χ0n) is 38.1. The van der Waals surface area contributed by atoms with Crippen LogP contribution in [0.1, 0.15) is 117 Å². The van der Waals surface area contributed by atoms with Gasteiger partial charge in [-0.05, 0) is 102 Å². The average Bonchev–Trinajstić information content (AvgIpc) is 3.18. The van der Waals surface area contributed by atoms with Crippen molar-refractivity contribution in [3.8, 4) is 23.0 Å². The summed E-state index contributed by atoms with van der Waals surface area (Å²) in [7, 11) is -7.14. The maximum Gasteiger partial charge on any atom is 0.306 e. The van der Waals surface area contributed by atoms with Crippen molar-refractivity contribution < 1.29 is 44.6 Å². The van der Waals surface area contributed by atoms with E-state index < -0.39 is 31.8 Å². The van der Waals surface area contributed by atoms with Crippen molar-refractivity contribution in [2.24, 2.45) is 10.8 Å².